The largest absolute Gasteiger partial charge is 0.338 e. The number of hydrogen-bond donors (Lipinski definition) is 1. The predicted molar refractivity (Wildman–Crippen MR) is 71.6 cm³/mol. The average Bonchev–Trinajstić information content (AvgIpc) is 3.09. The van der Waals surface area contributed by atoms with Gasteiger partial charge in [-0.15, -0.1) is 0 Å². The molecule has 0 amide bonds. The molecular weight excluding hydrogens is 240 g/mol. The molecule has 0 saturated carbocycles. The Balaban J connectivity index is 1.92. The fourth-order valence-electron chi connectivity index (χ4n) is 2.78. The first-order valence-corrected chi connectivity index (χ1v) is 6.79. The van der Waals surface area contributed by atoms with Gasteiger partial charge in [-0.2, -0.15) is 4.98 Å². The van der Waals surface area contributed by atoms with E-state index in [0.29, 0.717) is 5.82 Å². The van der Waals surface area contributed by atoms with Crippen LogP contribution in [0.2, 0.25) is 0 Å². The Bertz CT molecular complexity index is 531. The van der Waals surface area contributed by atoms with Gasteiger partial charge in [0.1, 0.15) is 0 Å². The smallest absolute Gasteiger partial charge is 0.234 e. The number of hydrogen-bond acceptors (Lipinski definition) is 5. The monoisotopic (exact) mass is 258 g/mol. The van der Waals surface area contributed by atoms with Gasteiger partial charge in [-0.1, -0.05) is 18.5 Å². The number of nitrogens with zero attached hydrogens (tertiary/aromatic N) is 3. The van der Waals surface area contributed by atoms with E-state index in [0.717, 1.165) is 43.8 Å². The summed E-state index contributed by atoms with van der Waals surface area (Å²) in [5.74, 6) is 1.39. The summed E-state index contributed by atoms with van der Waals surface area (Å²) in [6.45, 7) is 4.14. The molecule has 1 aliphatic heterocycles. The first-order chi connectivity index (χ1) is 9.34. The van der Waals surface area contributed by atoms with E-state index in [1.807, 2.05) is 12.1 Å². The lowest BCUT2D eigenvalue weighted by Crippen LogP contribution is -2.29. The third kappa shape index (κ3) is 2.26. The lowest BCUT2D eigenvalue weighted by molar-refractivity contribution is 0.277. The average molecular weight is 258 g/mol. The second-order valence-electron chi connectivity index (χ2n) is 5.12. The molecule has 5 heteroatoms. The van der Waals surface area contributed by atoms with Gasteiger partial charge in [-0.25, -0.2) is 0 Å². The first kappa shape index (κ1) is 12.3. The van der Waals surface area contributed by atoms with Gasteiger partial charge in [0, 0.05) is 24.5 Å². The van der Waals surface area contributed by atoms with E-state index in [1.165, 1.54) is 0 Å². The quantitative estimate of drug-likeness (QED) is 0.910. The minimum absolute atomic E-state index is 0.0161. The highest BCUT2D eigenvalue weighted by atomic mass is 16.5. The lowest BCUT2D eigenvalue weighted by Gasteiger charge is -2.22. The van der Waals surface area contributed by atoms with E-state index in [4.69, 9.17) is 4.52 Å². The summed E-state index contributed by atoms with van der Waals surface area (Å²) < 4.78 is 5.53. The van der Waals surface area contributed by atoms with Gasteiger partial charge >= 0.3 is 0 Å². The van der Waals surface area contributed by atoms with E-state index in [2.05, 4.69) is 27.4 Å². The SMILES string of the molecule is CCCC1(c2nc(-c3cccnc3)no2)CCNC1. The van der Waals surface area contributed by atoms with E-state index in [-0.39, 0.29) is 5.41 Å². The summed E-state index contributed by atoms with van der Waals surface area (Å²) in [6.07, 6.45) is 6.76. The fraction of sp³-hybridized carbons (Fsp3) is 0.500. The molecule has 1 saturated heterocycles. The summed E-state index contributed by atoms with van der Waals surface area (Å²) in [5.41, 5.74) is 0.914. The Morgan fingerprint density at radius 1 is 1.47 bits per heavy atom. The highest BCUT2D eigenvalue weighted by Crippen LogP contribution is 2.35. The van der Waals surface area contributed by atoms with Crippen molar-refractivity contribution in [1.29, 1.82) is 0 Å². The third-order valence-electron chi connectivity index (χ3n) is 3.77. The van der Waals surface area contributed by atoms with Crippen molar-refractivity contribution < 1.29 is 4.52 Å². The molecule has 1 atom stereocenters. The minimum Gasteiger partial charge on any atom is -0.338 e. The van der Waals surface area contributed by atoms with Gasteiger partial charge in [0.15, 0.2) is 0 Å². The van der Waals surface area contributed by atoms with Crippen LogP contribution in [0.4, 0.5) is 0 Å². The Hall–Kier alpha value is -1.75. The highest BCUT2D eigenvalue weighted by Gasteiger charge is 2.40. The van der Waals surface area contributed by atoms with Crippen LogP contribution in [0.1, 0.15) is 32.1 Å². The topological polar surface area (TPSA) is 63.8 Å². The van der Waals surface area contributed by atoms with Gasteiger partial charge in [-0.05, 0) is 31.5 Å². The van der Waals surface area contributed by atoms with Crippen molar-refractivity contribution in [3.05, 3.63) is 30.4 Å². The van der Waals surface area contributed by atoms with Crippen molar-refractivity contribution in [3.63, 3.8) is 0 Å². The maximum Gasteiger partial charge on any atom is 0.234 e. The van der Waals surface area contributed by atoms with Crippen molar-refractivity contribution in [3.8, 4) is 11.4 Å². The van der Waals surface area contributed by atoms with Crippen LogP contribution in [0.5, 0.6) is 0 Å². The molecule has 2 aromatic heterocycles. The summed E-state index contributed by atoms with van der Waals surface area (Å²) in [5, 5.41) is 7.51. The molecule has 19 heavy (non-hydrogen) atoms. The molecule has 1 N–H and O–H groups in total. The normalized spacial score (nSPS) is 22.8. The van der Waals surface area contributed by atoms with Crippen LogP contribution in [0, 0.1) is 0 Å². The molecule has 0 bridgehead atoms. The van der Waals surface area contributed by atoms with Crippen LogP contribution in [-0.4, -0.2) is 28.2 Å². The Morgan fingerprint density at radius 3 is 3.11 bits per heavy atom. The number of rotatable bonds is 4. The maximum absolute atomic E-state index is 5.53. The Morgan fingerprint density at radius 2 is 2.42 bits per heavy atom. The maximum atomic E-state index is 5.53. The zero-order valence-corrected chi connectivity index (χ0v) is 11.1. The van der Waals surface area contributed by atoms with Gasteiger partial charge in [0.2, 0.25) is 11.7 Å². The Kier molecular flexibility index (Phi) is 3.29. The molecule has 0 aromatic carbocycles. The first-order valence-electron chi connectivity index (χ1n) is 6.79. The van der Waals surface area contributed by atoms with Crippen molar-refractivity contribution in [2.75, 3.05) is 13.1 Å². The van der Waals surface area contributed by atoms with Gasteiger partial charge in [0.25, 0.3) is 0 Å². The van der Waals surface area contributed by atoms with Crippen LogP contribution in [0.25, 0.3) is 11.4 Å². The molecule has 3 rings (SSSR count). The van der Waals surface area contributed by atoms with Crippen LogP contribution < -0.4 is 5.32 Å². The highest BCUT2D eigenvalue weighted by molar-refractivity contribution is 5.52. The zero-order chi connectivity index (χ0) is 13.1. The Labute approximate surface area is 112 Å². The molecule has 0 spiro atoms. The molecule has 0 aliphatic carbocycles. The van der Waals surface area contributed by atoms with E-state index in [9.17, 15) is 0 Å². The number of nitrogens with one attached hydrogen (secondary N) is 1. The molecule has 0 radical (unpaired) electrons. The minimum atomic E-state index is 0.0161. The lowest BCUT2D eigenvalue weighted by atomic mass is 9.82. The summed E-state index contributed by atoms with van der Waals surface area (Å²) >= 11 is 0. The summed E-state index contributed by atoms with van der Waals surface area (Å²) in [4.78, 5) is 8.68. The number of pyridine rings is 1. The fourth-order valence-corrected chi connectivity index (χ4v) is 2.78. The molecule has 5 nitrogen and oxygen atoms in total. The van der Waals surface area contributed by atoms with Crippen molar-refractivity contribution in [2.24, 2.45) is 0 Å². The second-order valence-corrected chi connectivity index (χ2v) is 5.12. The molecule has 2 aromatic rings. The van der Waals surface area contributed by atoms with Gasteiger partial charge in [0.05, 0.1) is 5.41 Å². The molecule has 3 heterocycles. The number of aromatic nitrogens is 3. The van der Waals surface area contributed by atoms with Gasteiger partial charge < -0.3 is 9.84 Å². The second kappa shape index (κ2) is 5.09. The van der Waals surface area contributed by atoms with Crippen molar-refractivity contribution in [2.45, 2.75) is 31.6 Å². The van der Waals surface area contributed by atoms with Crippen molar-refractivity contribution in [1.82, 2.24) is 20.4 Å². The summed E-state index contributed by atoms with van der Waals surface area (Å²) in [6, 6.07) is 3.82. The molecule has 100 valence electrons. The zero-order valence-electron chi connectivity index (χ0n) is 11.1. The van der Waals surface area contributed by atoms with Gasteiger partial charge in [-0.3, -0.25) is 4.98 Å². The molecule has 1 aliphatic rings. The van der Waals surface area contributed by atoms with E-state index >= 15 is 0 Å². The van der Waals surface area contributed by atoms with Crippen molar-refractivity contribution >= 4 is 0 Å². The molecule has 1 fully saturated rings. The van der Waals surface area contributed by atoms with E-state index < -0.39 is 0 Å². The third-order valence-corrected chi connectivity index (χ3v) is 3.77. The van der Waals surface area contributed by atoms with Crippen LogP contribution in [-0.2, 0) is 5.41 Å². The molecule has 1 unspecified atom stereocenters. The summed E-state index contributed by atoms with van der Waals surface area (Å²) in [7, 11) is 0. The van der Waals surface area contributed by atoms with Crippen LogP contribution in [0.15, 0.2) is 29.0 Å². The standard InChI is InChI=1S/C14H18N4O/c1-2-5-14(6-8-16-10-14)13-17-12(18-19-13)11-4-3-7-15-9-11/h3-4,7,9,16H,2,5-6,8,10H2,1H3. The van der Waals surface area contributed by atoms with Crippen LogP contribution in [0.3, 0.4) is 0 Å². The van der Waals surface area contributed by atoms with Crippen LogP contribution >= 0.6 is 0 Å². The van der Waals surface area contributed by atoms with E-state index in [1.54, 1.807) is 12.4 Å². The molecular formula is C14H18N4O. The predicted octanol–water partition coefficient (Wildman–Crippen LogP) is 2.16.